The van der Waals surface area contributed by atoms with Crippen LogP contribution < -0.4 is 5.32 Å². The highest BCUT2D eigenvalue weighted by Crippen LogP contribution is 2.19. The number of nitrogens with one attached hydrogen (secondary N) is 1. The molecular weight excluding hydrogens is 261 g/mol. The molecule has 0 spiro atoms. The first-order valence-electron chi connectivity index (χ1n) is 6.12. The SMILES string of the molecule is Cc1cc(-c2ccc(F)cc2)nc(NCCC(=O)O)n1. The summed E-state index contributed by atoms with van der Waals surface area (Å²) in [5.41, 5.74) is 2.19. The highest BCUT2D eigenvalue weighted by molar-refractivity contribution is 5.67. The molecule has 0 saturated carbocycles. The van der Waals surface area contributed by atoms with Gasteiger partial charge in [-0.1, -0.05) is 0 Å². The molecule has 2 N–H and O–H groups in total. The summed E-state index contributed by atoms with van der Waals surface area (Å²) in [6, 6.07) is 7.79. The normalized spacial score (nSPS) is 10.3. The summed E-state index contributed by atoms with van der Waals surface area (Å²) >= 11 is 0. The van der Waals surface area contributed by atoms with Crippen molar-refractivity contribution >= 4 is 11.9 Å². The Labute approximate surface area is 115 Å². The molecule has 1 aromatic carbocycles. The van der Waals surface area contributed by atoms with Crippen LogP contribution in [-0.2, 0) is 4.79 Å². The number of benzene rings is 1. The lowest BCUT2D eigenvalue weighted by molar-refractivity contribution is -0.136. The van der Waals surface area contributed by atoms with E-state index in [1.165, 1.54) is 12.1 Å². The number of halogens is 1. The molecule has 0 radical (unpaired) electrons. The fraction of sp³-hybridized carbons (Fsp3) is 0.214. The Balaban J connectivity index is 2.19. The van der Waals surface area contributed by atoms with Gasteiger partial charge in [-0.05, 0) is 37.3 Å². The number of hydrogen-bond donors (Lipinski definition) is 2. The average Bonchev–Trinajstić information content (AvgIpc) is 2.38. The van der Waals surface area contributed by atoms with Gasteiger partial charge < -0.3 is 10.4 Å². The minimum atomic E-state index is -0.885. The van der Waals surface area contributed by atoms with E-state index in [1.54, 1.807) is 18.2 Å². The number of aromatic nitrogens is 2. The van der Waals surface area contributed by atoms with Crippen LogP contribution in [0, 0.1) is 12.7 Å². The first-order valence-corrected chi connectivity index (χ1v) is 6.12. The second-order valence-corrected chi connectivity index (χ2v) is 4.30. The number of aryl methyl sites for hydroxylation is 1. The summed E-state index contributed by atoms with van der Waals surface area (Å²) in [4.78, 5) is 18.9. The molecule has 0 aliphatic heterocycles. The highest BCUT2D eigenvalue weighted by atomic mass is 19.1. The molecule has 0 saturated heterocycles. The van der Waals surface area contributed by atoms with Gasteiger partial charge in [0.1, 0.15) is 5.82 Å². The molecule has 0 aliphatic carbocycles. The first kappa shape index (κ1) is 13.9. The Morgan fingerprint density at radius 1 is 1.30 bits per heavy atom. The lowest BCUT2D eigenvalue weighted by atomic mass is 10.1. The quantitative estimate of drug-likeness (QED) is 0.876. The van der Waals surface area contributed by atoms with E-state index in [0.29, 0.717) is 11.6 Å². The molecule has 1 aromatic heterocycles. The number of rotatable bonds is 5. The lowest BCUT2D eigenvalue weighted by Gasteiger charge is -2.07. The van der Waals surface area contributed by atoms with Crippen molar-refractivity contribution in [3.05, 3.63) is 41.8 Å². The predicted molar refractivity (Wildman–Crippen MR) is 72.9 cm³/mol. The van der Waals surface area contributed by atoms with E-state index in [1.807, 2.05) is 6.92 Å². The zero-order valence-electron chi connectivity index (χ0n) is 10.9. The molecule has 1 heterocycles. The van der Waals surface area contributed by atoms with Crippen molar-refractivity contribution in [2.24, 2.45) is 0 Å². The number of hydrogen-bond acceptors (Lipinski definition) is 4. The monoisotopic (exact) mass is 275 g/mol. The van der Waals surface area contributed by atoms with Crippen LogP contribution in [0.2, 0.25) is 0 Å². The number of carbonyl (C=O) groups is 1. The third kappa shape index (κ3) is 3.74. The minimum Gasteiger partial charge on any atom is -0.481 e. The highest BCUT2D eigenvalue weighted by Gasteiger charge is 2.05. The van der Waals surface area contributed by atoms with Crippen LogP contribution in [0.3, 0.4) is 0 Å². The van der Waals surface area contributed by atoms with Gasteiger partial charge in [0.2, 0.25) is 5.95 Å². The van der Waals surface area contributed by atoms with E-state index < -0.39 is 5.97 Å². The minimum absolute atomic E-state index is 0.0107. The van der Waals surface area contributed by atoms with E-state index in [4.69, 9.17) is 5.11 Å². The Morgan fingerprint density at radius 2 is 2.00 bits per heavy atom. The summed E-state index contributed by atoms with van der Waals surface area (Å²) in [7, 11) is 0. The Bertz CT molecular complexity index is 614. The third-order valence-electron chi connectivity index (χ3n) is 2.62. The van der Waals surface area contributed by atoms with E-state index in [9.17, 15) is 9.18 Å². The number of nitrogens with zero attached hydrogens (tertiary/aromatic N) is 2. The molecule has 0 amide bonds. The number of carboxylic acids is 1. The summed E-state index contributed by atoms with van der Waals surface area (Å²) < 4.78 is 12.9. The zero-order valence-corrected chi connectivity index (χ0v) is 10.9. The second-order valence-electron chi connectivity index (χ2n) is 4.30. The number of anilines is 1. The molecule has 0 bridgehead atoms. The van der Waals surface area contributed by atoms with Crippen molar-refractivity contribution in [3.8, 4) is 11.3 Å². The Hall–Kier alpha value is -2.50. The summed E-state index contributed by atoms with van der Waals surface area (Å²) in [6.45, 7) is 2.07. The Morgan fingerprint density at radius 3 is 2.65 bits per heavy atom. The lowest BCUT2D eigenvalue weighted by Crippen LogP contribution is -2.10. The largest absolute Gasteiger partial charge is 0.481 e. The molecule has 6 heteroatoms. The van der Waals surface area contributed by atoms with E-state index in [2.05, 4.69) is 15.3 Å². The van der Waals surface area contributed by atoms with Gasteiger partial charge in [-0.3, -0.25) is 4.79 Å². The summed E-state index contributed by atoms with van der Waals surface area (Å²) in [6.07, 6.45) is -0.0107. The van der Waals surface area contributed by atoms with Gasteiger partial charge in [-0.25, -0.2) is 14.4 Å². The zero-order chi connectivity index (χ0) is 14.5. The van der Waals surface area contributed by atoms with Gasteiger partial charge in [0, 0.05) is 17.8 Å². The smallest absolute Gasteiger partial charge is 0.305 e. The fourth-order valence-electron chi connectivity index (χ4n) is 1.70. The van der Waals surface area contributed by atoms with Crippen LogP contribution in [0.5, 0.6) is 0 Å². The second kappa shape index (κ2) is 6.10. The van der Waals surface area contributed by atoms with E-state index >= 15 is 0 Å². The van der Waals surface area contributed by atoms with Crippen molar-refractivity contribution < 1.29 is 14.3 Å². The molecule has 20 heavy (non-hydrogen) atoms. The van der Waals surface area contributed by atoms with Gasteiger partial charge >= 0.3 is 5.97 Å². The van der Waals surface area contributed by atoms with Crippen LogP contribution >= 0.6 is 0 Å². The van der Waals surface area contributed by atoms with Gasteiger partial charge in [-0.2, -0.15) is 0 Å². The fourth-order valence-corrected chi connectivity index (χ4v) is 1.70. The number of carboxylic acid groups (broad SMARTS) is 1. The molecule has 2 aromatic rings. The standard InChI is InChI=1S/C14H14FN3O2/c1-9-8-12(10-2-4-11(15)5-3-10)18-14(17-9)16-7-6-13(19)20/h2-5,8H,6-7H2,1H3,(H,19,20)(H,16,17,18). The first-order chi connectivity index (χ1) is 9.54. The average molecular weight is 275 g/mol. The predicted octanol–water partition coefficient (Wildman–Crippen LogP) is 2.48. The van der Waals surface area contributed by atoms with Gasteiger partial charge in [0.05, 0.1) is 12.1 Å². The molecule has 0 fully saturated rings. The topological polar surface area (TPSA) is 75.1 Å². The van der Waals surface area contributed by atoms with Crippen LogP contribution in [0.25, 0.3) is 11.3 Å². The van der Waals surface area contributed by atoms with Crippen LogP contribution in [0.15, 0.2) is 30.3 Å². The maximum absolute atomic E-state index is 12.9. The van der Waals surface area contributed by atoms with Crippen LogP contribution in [0.4, 0.5) is 10.3 Å². The van der Waals surface area contributed by atoms with E-state index in [0.717, 1.165) is 11.3 Å². The van der Waals surface area contributed by atoms with Crippen LogP contribution in [0.1, 0.15) is 12.1 Å². The summed E-state index contributed by atoms with van der Waals surface area (Å²) in [5.74, 6) is -0.825. The van der Waals surface area contributed by atoms with Crippen molar-refractivity contribution in [1.29, 1.82) is 0 Å². The van der Waals surface area contributed by atoms with Gasteiger partial charge in [0.25, 0.3) is 0 Å². The molecule has 2 rings (SSSR count). The van der Waals surface area contributed by atoms with Crippen molar-refractivity contribution in [2.45, 2.75) is 13.3 Å². The Kier molecular flexibility index (Phi) is 4.24. The molecule has 0 aliphatic rings. The molecular formula is C14H14FN3O2. The maximum Gasteiger partial charge on any atom is 0.305 e. The van der Waals surface area contributed by atoms with Crippen molar-refractivity contribution in [1.82, 2.24) is 9.97 Å². The van der Waals surface area contributed by atoms with Crippen molar-refractivity contribution in [2.75, 3.05) is 11.9 Å². The van der Waals surface area contributed by atoms with Crippen LogP contribution in [-0.4, -0.2) is 27.6 Å². The molecule has 0 unspecified atom stereocenters. The summed E-state index contributed by atoms with van der Waals surface area (Å²) in [5, 5.41) is 11.4. The number of aliphatic carboxylic acids is 1. The van der Waals surface area contributed by atoms with Crippen molar-refractivity contribution in [3.63, 3.8) is 0 Å². The molecule has 104 valence electrons. The maximum atomic E-state index is 12.9. The molecule has 5 nitrogen and oxygen atoms in total. The van der Waals surface area contributed by atoms with E-state index in [-0.39, 0.29) is 18.8 Å². The van der Waals surface area contributed by atoms with Gasteiger partial charge in [0.15, 0.2) is 0 Å². The third-order valence-corrected chi connectivity index (χ3v) is 2.62. The molecule has 0 atom stereocenters. The van der Waals surface area contributed by atoms with Gasteiger partial charge in [-0.15, -0.1) is 0 Å².